The Morgan fingerprint density at radius 3 is 1.08 bits per heavy atom. The molecule has 0 aliphatic carbocycles. The van der Waals surface area contributed by atoms with Crippen molar-refractivity contribution in [2.24, 2.45) is 11.5 Å². The van der Waals surface area contributed by atoms with Gasteiger partial charge in [0.05, 0.1) is 0 Å². The molecule has 3 aromatic rings. The number of phenolic OH excluding ortho intramolecular Hbond substituents is 2. The van der Waals surface area contributed by atoms with Crippen LogP contribution in [0.5, 0.6) is 11.5 Å². The predicted molar refractivity (Wildman–Crippen MR) is 95.3 cm³/mol. The summed E-state index contributed by atoms with van der Waals surface area (Å²) in [4.78, 5) is 28.2. The summed E-state index contributed by atoms with van der Waals surface area (Å²) in [7, 11) is 0. The lowest BCUT2D eigenvalue weighted by Crippen LogP contribution is -2.10. The minimum Gasteiger partial charge on any atom is -0.508 e. The first-order valence-electron chi connectivity index (χ1n) is 7.28. The zero-order chi connectivity index (χ0) is 19.4. The molecule has 8 heteroatoms. The Labute approximate surface area is 149 Å². The second-order valence-corrected chi connectivity index (χ2v) is 4.72. The van der Waals surface area contributed by atoms with Crippen LogP contribution in [0, 0.1) is 0 Å². The summed E-state index contributed by atoms with van der Waals surface area (Å²) in [6.45, 7) is 0. The summed E-state index contributed by atoms with van der Waals surface area (Å²) in [5.41, 5.74) is 10.9. The number of hydrogen-bond acceptors (Lipinski definition) is 6. The van der Waals surface area contributed by atoms with Gasteiger partial charge in [0.15, 0.2) is 0 Å². The highest BCUT2D eigenvalue weighted by molar-refractivity contribution is 5.92. The number of rotatable bonds is 2. The van der Waals surface area contributed by atoms with E-state index in [1.54, 1.807) is 24.3 Å². The lowest BCUT2D eigenvalue weighted by atomic mass is 10.3. The molecule has 1 aromatic carbocycles. The molecule has 0 aliphatic heterocycles. The fourth-order valence-electron chi connectivity index (χ4n) is 1.48. The maximum atomic E-state index is 10.4. The van der Waals surface area contributed by atoms with E-state index in [1.807, 2.05) is 0 Å². The van der Waals surface area contributed by atoms with E-state index in [-0.39, 0.29) is 11.5 Å². The normalized spacial score (nSPS) is 8.92. The molecule has 0 spiro atoms. The van der Waals surface area contributed by atoms with Gasteiger partial charge < -0.3 is 21.7 Å². The van der Waals surface area contributed by atoms with Crippen molar-refractivity contribution >= 4 is 11.8 Å². The third-order valence-electron chi connectivity index (χ3n) is 2.78. The topological polar surface area (TPSA) is 152 Å². The molecule has 0 fully saturated rings. The number of aromatic hydroxyl groups is 2. The largest absolute Gasteiger partial charge is 0.508 e. The monoisotopic (exact) mass is 354 g/mol. The van der Waals surface area contributed by atoms with Crippen molar-refractivity contribution in [3.05, 3.63) is 84.4 Å². The van der Waals surface area contributed by atoms with Gasteiger partial charge in [0, 0.05) is 35.9 Å². The second kappa shape index (κ2) is 10.8. The molecule has 134 valence electrons. The van der Waals surface area contributed by atoms with E-state index in [1.165, 1.54) is 49.1 Å². The van der Waals surface area contributed by atoms with E-state index in [4.69, 9.17) is 21.7 Å². The first-order valence-corrected chi connectivity index (χ1v) is 7.28. The molecule has 0 unspecified atom stereocenters. The maximum absolute atomic E-state index is 10.4. The molecular formula is C18H18N4O4. The van der Waals surface area contributed by atoms with Gasteiger partial charge in [-0.1, -0.05) is 0 Å². The molecule has 0 saturated heterocycles. The molecule has 8 nitrogen and oxygen atoms in total. The quantitative estimate of drug-likeness (QED) is 0.511. The first-order chi connectivity index (χ1) is 12.4. The van der Waals surface area contributed by atoms with Crippen molar-refractivity contribution in [2.75, 3.05) is 0 Å². The number of nitrogens with two attached hydrogens (primary N) is 2. The first kappa shape index (κ1) is 20.1. The fraction of sp³-hybridized carbons (Fsp3) is 0. The van der Waals surface area contributed by atoms with E-state index >= 15 is 0 Å². The number of hydrogen-bond donors (Lipinski definition) is 4. The van der Waals surface area contributed by atoms with Crippen LogP contribution in [-0.2, 0) is 0 Å². The molecule has 2 amide bonds. The number of benzene rings is 1. The van der Waals surface area contributed by atoms with Gasteiger partial charge in [-0.2, -0.15) is 0 Å². The number of primary amides is 2. The van der Waals surface area contributed by atoms with Gasteiger partial charge in [-0.25, -0.2) is 0 Å². The summed E-state index contributed by atoms with van der Waals surface area (Å²) in [6.07, 6.45) is 6.11. The number of amides is 2. The van der Waals surface area contributed by atoms with Crippen molar-refractivity contribution in [1.82, 2.24) is 9.97 Å². The number of nitrogens with zero attached hydrogens (tertiary/aromatic N) is 2. The van der Waals surface area contributed by atoms with Gasteiger partial charge >= 0.3 is 0 Å². The summed E-state index contributed by atoms with van der Waals surface area (Å²) in [5, 5.41) is 17.3. The van der Waals surface area contributed by atoms with Crippen molar-refractivity contribution in [3.63, 3.8) is 0 Å². The highest BCUT2D eigenvalue weighted by atomic mass is 16.3. The van der Waals surface area contributed by atoms with Crippen molar-refractivity contribution in [3.8, 4) is 11.5 Å². The molecule has 0 saturated carbocycles. The molecular weight excluding hydrogens is 336 g/mol. The van der Waals surface area contributed by atoms with Gasteiger partial charge in [-0.05, 0) is 48.5 Å². The van der Waals surface area contributed by atoms with Gasteiger partial charge in [0.25, 0.3) is 0 Å². The molecule has 2 heterocycles. The van der Waals surface area contributed by atoms with E-state index < -0.39 is 11.8 Å². The van der Waals surface area contributed by atoms with Gasteiger partial charge in [0.2, 0.25) is 11.8 Å². The van der Waals surface area contributed by atoms with Crippen molar-refractivity contribution in [1.29, 1.82) is 0 Å². The Hall–Kier alpha value is -3.94. The predicted octanol–water partition coefficient (Wildman–Crippen LogP) is 1.46. The van der Waals surface area contributed by atoms with Crippen molar-refractivity contribution in [2.45, 2.75) is 0 Å². The van der Waals surface area contributed by atoms with E-state index in [0.29, 0.717) is 11.1 Å². The molecule has 6 N–H and O–H groups in total. The number of carbonyl (C=O) groups excluding carboxylic acids is 2. The lowest BCUT2D eigenvalue weighted by Gasteiger charge is -1.88. The lowest BCUT2D eigenvalue weighted by molar-refractivity contribution is 0.0991. The molecule has 3 rings (SSSR count). The highest BCUT2D eigenvalue weighted by Crippen LogP contribution is 2.13. The number of carbonyl (C=O) groups is 2. The SMILES string of the molecule is NC(=O)c1ccncc1.NC(=O)c1ccncc1.Oc1ccc(O)cc1. The average Bonchev–Trinajstić information content (AvgIpc) is 2.66. The van der Waals surface area contributed by atoms with Crippen LogP contribution in [-0.4, -0.2) is 32.0 Å². The van der Waals surface area contributed by atoms with Gasteiger partial charge in [-0.15, -0.1) is 0 Å². The van der Waals surface area contributed by atoms with Gasteiger partial charge in [0.1, 0.15) is 11.5 Å². The third-order valence-corrected chi connectivity index (χ3v) is 2.78. The van der Waals surface area contributed by atoms with E-state index in [2.05, 4.69) is 9.97 Å². The standard InChI is InChI=1S/2C6H6N2O.C6H6O2/c2*7-6(9)5-1-3-8-4-2-5;7-5-1-2-6(8)4-3-5/h2*1-4H,(H2,7,9);1-4,7-8H. The van der Waals surface area contributed by atoms with Crippen LogP contribution >= 0.6 is 0 Å². The number of pyridine rings is 2. The van der Waals surface area contributed by atoms with Crippen LogP contribution in [0.1, 0.15) is 20.7 Å². The smallest absolute Gasteiger partial charge is 0.248 e. The Balaban J connectivity index is 0.000000195. The zero-order valence-corrected chi connectivity index (χ0v) is 13.7. The minimum absolute atomic E-state index is 0.169. The molecule has 0 atom stereocenters. The van der Waals surface area contributed by atoms with Crippen LogP contribution in [0.25, 0.3) is 0 Å². The summed E-state index contributed by atoms with van der Waals surface area (Å²) in [6, 6.07) is 12.0. The van der Waals surface area contributed by atoms with Crippen LogP contribution in [0.3, 0.4) is 0 Å². The van der Waals surface area contributed by atoms with Crippen LogP contribution < -0.4 is 11.5 Å². The summed E-state index contributed by atoms with van der Waals surface area (Å²) < 4.78 is 0. The van der Waals surface area contributed by atoms with Crippen LogP contribution in [0.2, 0.25) is 0 Å². The fourth-order valence-corrected chi connectivity index (χ4v) is 1.48. The minimum atomic E-state index is -0.419. The summed E-state index contributed by atoms with van der Waals surface area (Å²) in [5.74, 6) is -0.500. The zero-order valence-electron chi connectivity index (χ0n) is 13.7. The van der Waals surface area contributed by atoms with Crippen molar-refractivity contribution < 1.29 is 19.8 Å². The summed E-state index contributed by atoms with van der Waals surface area (Å²) >= 11 is 0. The van der Waals surface area contributed by atoms with E-state index in [9.17, 15) is 9.59 Å². The Morgan fingerprint density at radius 1 is 0.615 bits per heavy atom. The van der Waals surface area contributed by atoms with E-state index in [0.717, 1.165) is 0 Å². The average molecular weight is 354 g/mol. The maximum Gasteiger partial charge on any atom is 0.248 e. The van der Waals surface area contributed by atoms with Gasteiger partial charge in [-0.3, -0.25) is 19.6 Å². The molecule has 0 bridgehead atoms. The highest BCUT2D eigenvalue weighted by Gasteiger charge is 1.95. The Morgan fingerprint density at radius 2 is 0.885 bits per heavy atom. The number of aromatic nitrogens is 2. The van der Waals surface area contributed by atoms with Crippen LogP contribution in [0.4, 0.5) is 0 Å². The molecule has 0 aliphatic rings. The Kier molecular flexibility index (Phi) is 8.32. The number of phenols is 2. The molecule has 2 aromatic heterocycles. The second-order valence-electron chi connectivity index (χ2n) is 4.72. The Bertz CT molecular complexity index is 739. The third kappa shape index (κ3) is 8.06. The molecule has 26 heavy (non-hydrogen) atoms. The van der Waals surface area contributed by atoms with Crippen LogP contribution in [0.15, 0.2) is 73.3 Å². The molecule has 0 radical (unpaired) electrons.